The molecule has 0 bridgehead atoms. The first kappa shape index (κ1) is 14.5. The molecule has 0 aliphatic carbocycles. The van der Waals surface area contributed by atoms with Crippen molar-refractivity contribution in [2.75, 3.05) is 5.32 Å². The molecule has 1 aromatic heterocycles. The Bertz CT molecular complexity index is 822. The van der Waals surface area contributed by atoms with Crippen LogP contribution in [0.15, 0.2) is 72.9 Å². The Kier molecular flexibility index (Phi) is 4.15. The molecule has 0 atom stereocenters. The molecule has 6 nitrogen and oxygen atoms in total. The van der Waals surface area contributed by atoms with E-state index >= 15 is 0 Å². The molecular weight excluding hydrogens is 294 g/mol. The number of ether oxygens (including phenoxy) is 1. The number of aromatic nitrogens is 1. The average molecular weight is 307 g/mol. The van der Waals surface area contributed by atoms with E-state index in [9.17, 15) is 10.1 Å². The Morgan fingerprint density at radius 2 is 1.74 bits per heavy atom. The zero-order valence-corrected chi connectivity index (χ0v) is 12.0. The predicted octanol–water partition coefficient (Wildman–Crippen LogP) is 4.53. The number of nitrogens with zero attached hydrogens (tertiary/aromatic N) is 2. The van der Waals surface area contributed by atoms with Crippen molar-refractivity contribution >= 4 is 17.2 Å². The van der Waals surface area contributed by atoms with E-state index in [1.165, 1.54) is 18.3 Å². The molecule has 1 N–H and O–H groups in total. The van der Waals surface area contributed by atoms with Gasteiger partial charge < -0.3 is 10.1 Å². The second kappa shape index (κ2) is 6.57. The summed E-state index contributed by atoms with van der Waals surface area (Å²) in [6, 6.07) is 19.5. The van der Waals surface area contributed by atoms with Gasteiger partial charge in [0.15, 0.2) is 0 Å². The summed E-state index contributed by atoms with van der Waals surface area (Å²) in [5.41, 5.74) is 0.571. The second-order valence-corrected chi connectivity index (χ2v) is 4.70. The molecule has 0 aliphatic heterocycles. The first-order chi connectivity index (χ1) is 11.2. The van der Waals surface area contributed by atoms with Gasteiger partial charge in [0.05, 0.1) is 4.92 Å². The van der Waals surface area contributed by atoms with Crippen molar-refractivity contribution in [2.45, 2.75) is 0 Å². The lowest BCUT2D eigenvalue weighted by atomic mass is 10.3. The number of anilines is 2. The van der Waals surface area contributed by atoms with Crippen LogP contribution in [0.25, 0.3) is 0 Å². The highest BCUT2D eigenvalue weighted by atomic mass is 16.6. The van der Waals surface area contributed by atoms with Crippen LogP contribution in [0, 0.1) is 10.1 Å². The first-order valence-electron chi connectivity index (χ1n) is 6.92. The van der Waals surface area contributed by atoms with Gasteiger partial charge >= 0.3 is 5.69 Å². The topological polar surface area (TPSA) is 77.3 Å². The summed E-state index contributed by atoms with van der Waals surface area (Å²) in [6.45, 7) is 0. The smallest absolute Gasteiger partial charge is 0.311 e. The number of nitrogens with one attached hydrogen (secondary N) is 1. The lowest BCUT2D eigenvalue weighted by molar-refractivity contribution is -0.384. The highest BCUT2D eigenvalue weighted by Crippen LogP contribution is 2.28. The molecule has 3 aromatic rings. The molecule has 1 heterocycles. The Hall–Kier alpha value is -3.41. The second-order valence-electron chi connectivity index (χ2n) is 4.70. The van der Waals surface area contributed by atoms with Gasteiger partial charge in [0.2, 0.25) is 5.82 Å². The van der Waals surface area contributed by atoms with Gasteiger partial charge in [-0.2, -0.15) is 0 Å². The van der Waals surface area contributed by atoms with E-state index in [-0.39, 0.29) is 11.5 Å². The van der Waals surface area contributed by atoms with E-state index in [0.717, 1.165) is 0 Å². The van der Waals surface area contributed by atoms with Gasteiger partial charge in [-0.15, -0.1) is 0 Å². The molecule has 114 valence electrons. The molecule has 2 aromatic carbocycles. The van der Waals surface area contributed by atoms with Gasteiger partial charge in [0.25, 0.3) is 0 Å². The highest BCUT2D eigenvalue weighted by molar-refractivity contribution is 5.66. The minimum absolute atomic E-state index is 0.0816. The molecule has 0 aliphatic rings. The van der Waals surface area contributed by atoms with E-state index in [2.05, 4.69) is 10.3 Å². The summed E-state index contributed by atoms with van der Waals surface area (Å²) in [5, 5.41) is 14.0. The fourth-order valence-electron chi connectivity index (χ4n) is 2.04. The normalized spacial score (nSPS) is 10.1. The maximum atomic E-state index is 11.0. The van der Waals surface area contributed by atoms with Gasteiger partial charge in [-0.1, -0.05) is 24.3 Å². The zero-order valence-electron chi connectivity index (χ0n) is 12.0. The summed E-state index contributed by atoms with van der Waals surface area (Å²) in [4.78, 5) is 14.6. The van der Waals surface area contributed by atoms with Gasteiger partial charge in [-0.05, 0) is 30.3 Å². The summed E-state index contributed by atoms with van der Waals surface area (Å²) in [6.07, 6.45) is 1.50. The van der Waals surface area contributed by atoms with Crippen LogP contribution in [0.1, 0.15) is 0 Å². The van der Waals surface area contributed by atoms with Crippen LogP contribution in [0.3, 0.4) is 0 Å². The number of hydrogen-bond donors (Lipinski definition) is 1. The Balaban J connectivity index is 1.82. The quantitative estimate of drug-likeness (QED) is 0.553. The molecule has 0 saturated heterocycles. The molecule has 6 heteroatoms. The van der Waals surface area contributed by atoms with Crippen LogP contribution in [0.4, 0.5) is 17.2 Å². The molecular formula is C17H13N3O3. The Morgan fingerprint density at radius 3 is 2.52 bits per heavy atom. The van der Waals surface area contributed by atoms with Gasteiger partial charge in [-0.25, -0.2) is 4.98 Å². The fourth-order valence-corrected chi connectivity index (χ4v) is 2.04. The van der Waals surface area contributed by atoms with Crippen molar-refractivity contribution in [1.29, 1.82) is 0 Å². The van der Waals surface area contributed by atoms with Crippen molar-refractivity contribution in [3.63, 3.8) is 0 Å². The lowest BCUT2D eigenvalue weighted by Gasteiger charge is -2.09. The largest absolute Gasteiger partial charge is 0.457 e. The molecule has 0 spiro atoms. The van der Waals surface area contributed by atoms with Crippen LogP contribution < -0.4 is 10.1 Å². The maximum Gasteiger partial charge on any atom is 0.311 e. The number of rotatable bonds is 5. The van der Waals surface area contributed by atoms with E-state index < -0.39 is 4.92 Å². The predicted molar refractivity (Wildman–Crippen MR) is 87.1 cm³/mol. The van der Waals surface area contributed by atoms with Crippen LogP contribution >= 0.6 is 0 Å². The van der Waals surface area contributed by atoms with E-state index in [1.54, 1.807) is 18.2 Å². The molecule has 0 fully saturated rings. The SMILES string of the molecule is O=[N+]([O-])c1cccnc1Nc1cccc(Oc2ccccc2)c1. The van der Waals surface area contributed by atoms with E-state index in [4.69, 9.17) is 4.74 Å². The third-order valence-corrected chi connectivity index (χ3v) is 3.06. The van der Waals surface area contributed by atoms with Crippen LogP contribution in [0.5, 0.6) is 11.5 Å². The fraction of sp³-hybridized carbons (Fsp3) is 0. The summed E-state index contributed by atoms with van der Waals surface area (Å²) >= 11 is 0. The van der Waals surface area contributed by atoms with Gasteiger partial charge in [0.1, 0.15) is 11.5 Å². The molecule has 0 saturated carbocycles. The van der Waals surface area contributed by atoms with Crippen molar-refractivity contribution < 1.29 is 9.66 Å². The summed E-state index contributed by atoms with van der Waals surface area (Å²) in [7, 11) is 0. The standard InChI is InChI=1S/C17H13N3O3/c21-20(22)16-10-5-11-18-17(16)19-13-6-4-9-15(12-13)23-14-7-2-1-3-8-14/h1-12H,(H,18,19). The Labute approximate surface area is 132 Å². The third-order valence-electron chi connectivity index (χ3n) is 3.06. The first-order valence-corrected chi connectivity index (χ1v) is 6.92. The zero-order chi connectivity index (χ0) is 16.1. The molecule has 3 rings (SSSR count). The maximum absolute atomic E-state index is 11.0. The minimum atomic E-state index is -0.473. The van der Waals surface area contributed by atoms with Crippen LogP contribution in [-0.2, 0) is 0 Å². The van der Waals surface area contributed by atoms with Crippen molar-refractivity contribution in [2.24, 2.45) is 0 Å². The summed E-state index contributed by atoms with van der Waals surface area (Å²) < 4.78 is 5.74. The number of para-hydroxylation sites is 1. The van der Waals surface area contributed by atoms with Crippen LogP contribution in [-0.4, -0.2) is 9.91 Å². The molecule has 0 radical (unpaired) electrons. The monoisotopic (exact) mass is 307 g/mol. The van der Waals surface area contributed by atoms with E-state index in [0.29, 0.717) is 17.2 Å². The van der Waals surface area contributed by atoms with Crippen LogP contribution in [0.2, 0.25) is 0 Å². The lowest BCUT2D eigenvalue weighted by Crippen LogP contribution is -1.99. The molecule has 0 unspecified atom stereocenters. The van der Waals surface area contributed by atoms with Crippen molar-refractivity contribution in [1.82, 2.24) is 4.98 Å². The number of nitro groups is 1. The minimum Gasteiger partial charge on any atom is -0.457 e. The highest BCUT2D eigenvalue weighted by Gasteiger charge is 2.14. The third kappa shape index (κ3) is 3.62. The molecule has 23 heavy (non-hydrogen) atoms. The Morgan fingerprint density at radius 1 is 0.957 bits per heavy atom. The summed E-state index contributed by atoms with van der Waals surface area (Å²) in [5.74, 6) is 1.53. The molecule has 0 amide bonds. The number of hydrogen-bond acceptors (Lipinski definition) is 5. The van der Waals surface area contributed by atoms with Gasteiger partial charge in [0, 0.05) is 24.0 Å². The van der Waals surface area contributed by atoms with Crippen molar-refractivity contribution in [3.8, 4) is 11.5 Å². The van der Waals surface area contributed by atoms with Crippen molar-refractivity contribution in [3.05, 3.63) is 83.0 Å². The van der Waals surface area contributed by atoms with E-state index in [1.807, 2.05) is 36.4 Å². The van der Waals surface area contributed by atoms with Gasteiger partial charge in [-0.3, -0.25) is 10.1 Å². The number of benzene rings is 2. The number of pyridine rings is 1. The average Bonchev–Trinajstić information content (AvgIpc) is 2.56.